The first-order valence-electron chi connectivity index (χ1n) is 6.39. The van der Waals surface area contributed by atoms with E-state index in [1.807, 2.05) is 12.1 Å². The molecule has 2 nitrogen and oxygen atoms in total. The Kier molecular flexibility index (Phi) is 4.69. The van der Waals surface area contributed by atoms with Crippen LogP contribution < -0.4 is 4.74 Å². The quantitative estimate of drug-likeness (QED) is 0.906. The van der Waals surface area contributed by atoms with Crippen LogP contribution in [0, 0.1) is 11.6 Å². The van der Waals surface area contributed by atoms with Crippen LogP contribution in [-0.4, -0.2) is 18.8 Å². The molecule has 0 saturated carbocycles. The van der Waals surface area contributed by atoms with Crippen LogP contribution in [0.25, 0.3) is 11.1 Å². The van der Waals surface area contributed by atoms with Crippen molar-refractivity contribution in [2.75, 3.05) is 13.7 Å². The van der Waals surface area contributed by atoms with Crippen LogP contribution in [0.5, 0.6) is 5.75 Å². The van der Waals surface area contributed by atoms with E-state index in [0.29, 0.717) is 17.7 Å². The van der Waals surface area contributed by atoms with Gasteiger partial charge in [-0.2, -0.15) is 0 Å². The van der Waals surface area contributed by atoms with Crippen molar-refractivity contribution in [2.45, 2.75) is 12.8 Å². The summed E-state index contributed by atoms with van der Waals surface area (Å²) in [7, 11) is 1.42. The van der Waals surface area contributed by atoms with Gasteiger partial charge in [0.15, 0.2) is 11.6 Å². The SMILES string of the molecule is COc1ccc(F)c(F)c1-c1ccc(CCCO)cc1. The standard InChI is InChI=1S/C16H16F2O2/c1-20-14-9-8-13(17)16(18)15(14)12-6-4-11(5-7-12)3-2-10-19/h4-9,19H,2-3,10H2,1H3. The largest absolute Gasteiger partial charge is 0.496 e. The van der Waals surface area contributed by atoms with Crippen LogP contribution >= 0.6 is 0 Å². The number of aliphatic hydroxyl groups excluding tert-OH is 1. The molecule has 4 heteroatoms. The molecule has 0 bridgehead atoms. The van der Waals surface area contributed by atoms with E-state index in [4.69, 9.17) is 9.84 Å². The van der Waals surface area contributed by atoms with Gasteiger partial charge in [-0.15, -0.1) is 0 Å². The summed E-state index contributed by atoms with van der Waals surface area (Å²) >= 11 is 0. The fourth-order valence-corrected chi connectivity index (χ4v) is 2.09. The van der Waals surface area contributed by atoms with E-state index in [-0.39, 0.29) is 12.2 Å². The Bertz CT molecular complexity index is 580. The molecule has 0 spiro atoms. The minimum atomic E-state index is -0.910. The van der Waals surface area contributed by atoms with Gasteiger partial charge in [-0.05, 0) is 36.1 Å². The highest BCUT2D eigenvalue weighted by molar-refractivity contribution is 5.71. The van der Waals surface area contributed by atoms with Crippen molar-refractivity contribution in [3.05, 3.63) is 53.6 Å². The summed E-state index contributed by atoms with van der Waals surface area (Å²) in [5, 5.41) is 8.79. The number of benzene rings is 2. The highest BCUT2D eigenvalue weighted by Gasteiger charge is 2.15. The number of hydrogen-bond acceptors (Lipinski definition) is 2. The minimum Gasteiger partial charge on any atom is -0.496 e. The van der Waals surface area contributed by atoms with Crippen LogP contribution in [0.2, 0.25) is 0 Å². The third-order valence-corrected chi connectivity index (χ3v) is 3.14. The van der Waals surface area contributed by atoms with E-state index in [1.54, 1.807) is 12.1 Å². The summed E-state index contributed by atoms with van der Waals surface area (Å²) in [5.74, 6) is -1.51. The van der Waals surface area contributed by atoms with Crippen molar-refractivity contribution in [2.24, 2.45) is 0 Å². The van der Waals surface area contributed by atoms with Gasteiger partial charge < -0.3 is 9.84 Å². The lowest BCUT2D eigenvalue weighted by atomic mass is 10.0. The number of methoxy groups -OCH3 is 1. The summed E-state index contributed by atoms with van der Waals surface area (Å²) in [6, 6.07) is 9.60. The lowest BCUT2D eigenvalue weighted by Gasteiger charge is -2.11. The number of aliphatic hydroxyl groups is 1. The third kappa shape index (κ3) is 2.96. The normalized spacial score (nSPS) is 10.6. The minimum absolute atomic E-state index is 0.126. The van der Waals surface area contributed by atoms with E-state index in [1.165, 1.54) is 13.2 Å². The lowest BCUT2D eigenvalue weighted by molar-refractivity contribution is 0.288. The molecule has 0 saturated heterocycles. The van der Waals surface area contributed by atoms with Crippen molar-refractivity contribution in [1.29, 1.82) is 0 Å². The predicted octanol–water partition coefficient (Wildman–Crippen LogP) is 3.57. The molecule has 0 aromatic heterocycles. The molecule has 2 aromatic rings. The van der Waals surface area contributed by atoms with Crippen molar-refractivity contribution < 1.29 is 18.6 Å². The van der Waals surface area contributed by atoms with Gasteiger partial charge in [0.05, 0.1) is 12.7 Å². The molecule has 0 aliphatic heterocycles. The van der Waals surface area contributed by atoms with E-state index in [9.17, 15) is 8.78 Å². The Hall–Kier alpha value is -1.94. The Morgan fingerprint density at radius 1 is 1.05 bits per heavy atom. The van der Waals surface area contributed by atoms with E-state index in [0.717, 1.165) is 18.1 Å². The van der Waals surface area contributed by atoms with Crippen molar-refractivity contribution in [3.63, 3.8) is 0 Å². The molecule has 20 heavy (non-hydrogen) atoms. The first kappa shape index (κ1) is 14.5. The monoisotopic (exact) mass is 278 g/mol. The molecular weight excluding hydrogens is 262 g/mol. The second-order valence-corrected chi connectivity index (χ2v) is 4.46. The molecule has 106 valence electrons. The molecule has 0 unspecified atom stereocenters. The second kappa shape index (κ2) is 6.48. The number of hydrogen-bond donors (Lipinski definition) is 1. The van der Waals surface area contributed by atoms with Gasteiger partial charge in [0, 0.05) is 6.61 Å². The van der Waals surface area contributed by atoms with Crippen LogP contribution in [0.3, 0.4) is 0 Å². The molecule has 0 heterocycles. The zero-order valence-corrected chi connectivity index (χ0v) is 11.2. The van der Waals surface area contributed by atoms with E-state index in [2.05, 4.69) is 0 Å². The average Bonchev–Trinajstić information content (AvgIpc) is 2.48. The molecule has 0 fully saturated rings. The van der Waals surface area contributed by atoms with Gasteiger partial charge in [0.25, 0.3) is 0 Å². The maximum atomic E-state index is 13.9. The number of halogens is 2. The summed E-state index contributed by atoms with van der Waals surface area (Å²) in [4.78, 5) is 0. The van der Waals surface area contributed by atoms with E-state index < -0.39 is 11.6 Å². The first-order chi connectivity index (χ1) is 9.67. The highest BCUT2D eigenvalue weighted by atomic mass is 19.2. The van der Waals surface area contributed by atoms with Gasteiger partial charge in [-0.1, -0.05) is 24.3 Å². The molecule has 0 aliphatic carbocycles. The Morgan fingerprint density at radius 2 is 1.75 bits per heavy atom. The maximum Gasteiger partial charge on any atom is 0.170 e. The fraction of sp³-hybridized carbons (Fsp3) is 0.250. The first-order valence-corrected chi connectivity index (χ1v) is 6.39. The average molecular weight is 278 g/mol. The van der Waals surface area contributed by atoms with E-state index >= 15 is 0 Å². The molecular formula is C16H16F2O2. The summed E-state index contributed by atoms with van der Waals surface area (Å²) in [6.45, 7) is 0.133. The Labute approximate surface area is 116 Å². The maximum absolute atomic E-state index is 13.9. The van der Waals surface area contributed by atoms with Gasteiger partial charge >= 0.3 is 0 Å². The number of aryl methyl sites for hydroxylation is 1. The van der Waals surface area contributed by atoms with Gasteiger partial charge in [-0.3, -0.25) is 0 Å². The van der Waals surface area contributed by atoms with Crippen LogP contribution in [-0.2, 0) is 6.42 Å². The lowest BCUT2D eigenvalue weighted by Crippen LogP contribution is -1.95. The molecule has 2 aromatic carbocycles. The second-order valence-electron chi connectivity index (χ2n) is 4.46. The zero-order chi connectivity index (χ0) is 14.5. The third-order valence-electron chi connectivity index (χ3n) is 3.14. The van der Waals surface area contributed by atoms with Crippen molar-refractivity contribution in [3.8, 4) is 16.9 Å². The number of rotatable bonds is 5. The zero-order valence-electron chi connectivity index (χ0n) is 11.2. The van der Waals surface area contributed by atoms with Gasteiger partial charge in [-0.25, -0.2) is 8.78 Å². The number of ether oxygens (including phenoxy) is 1. The Balaban J connectivity index is 2.38. The highest BCUT2D eigenvalue weighted by Crippen LogP contribution is 2.34. The fourth-order valence-electron chi connectivity index (χ4n) is 2.09. The molecule has 0 atom stereocenters. The smallest absolute Gasteiger partial charge is 0.170 e. The van der Waals surface area contributed by atoms with Crippen molar-refractivity contribution in [1.82, 2.24) is 0 Å². The summed E-state index contributed by atoms with van der Waals surface area (Å²) < 4.78 is 32.4. The predicted molar refractivity (Wildman–Crippen MR) is 73.8 cm³/mol. The topological polar surface area (TPSA) is 29.5 Å². The van der Waals surface area contributed by atoms with Crippen molar-refractivity contribution >= 4 is 0 Å². The van der Waals surface area contributed by atoms with Crippen LogP contribution in [0.4, 0.5) is 8.78 Å². The Morgan fingerprint density at radius 3 is 2.35 bits per heavy atom. The molecule has 2 rings (SSSR count). The van der Waals surface area contributed by atoms with Crippen LogP contribution in [0.15, 0.2) is 36.4 Å². The molecule has 0 aliphatic rings. The van der Waals surface area contributed by atoms with Gasteiger partial charge in [0.1, 0.15) is 5.75 Å². The molecule has 0 radical (unpaired) electrons. The molecule has 1 N–H and O–H groups in total. The van der Waals surface area contributed by atoms with Crippen LogP contribution in [0.1, 0.15) is 12.0 Å². The summed E-state index contributed by atoms with van der Waals surface area (Å²) in [5.41, 5.74) is 1.73. The van der Waals surface area contributed by atoms with Gasteiger partial charge in [0.2, 0.25) is 0 Å². The molecule has 0 amide bonds. The summed E-state index contributed by atoms with van der Waals surface area (Å²) in [6.07, 6.45) is 1.43.